The van der Waals surface area contributed by atoms with Gasteiger partial charge in [0.15, 0.2) is 0 Å². The number of nitrogens with one attached hydrogen (secondary N) is 2. The number of anilines is 1. The molecule has 11 heteroatoms. The Morgan fingerprint density at radius 2 is 2.00 bits per heavy atom. The predicted molar refractivity (Wildman–Crippen MR) is 150 cm³/mol. The van der Waals surface area contributed by atoms with E-state index >= 15 is 0 Å². The first-order chi connectivity index (χ1) is 17.8. The van der Waals surface area contributed by atoms with Crippen LogP contribution in [0.25, 0.3) is 10.9 Å². The number of carbonyl (C=O) groups is 1. The molecule has 37 heavy (non-hydrogen) atoms. The lowest BCUT2D eigenvalue weighted by molar-refractivity contribution is 0.146. The first-order valence-corrected chi connectivity index (χ1v) is 14.8. The van der Waals surface area contributed by atoms with Gasteiger partial charge in [-0.05, 0) is 47.7 Å². The Morgan fingerprint density at radius 1 is 1.19 bits per heavy atom. The zero-order chi connectivity index (χ0) is 26.0. The van der Waals surface area contributed by atoms with Gasteiger partial charge < -0.3 is 15.0 Å². The molecule has 0 spiro atoms. The van der Waals surface area contributed by atoms with Crippen LogP contribution >= 0.6 is 23.1 Å². The standard InChI is InChI=1S/C26H26N4O4S3/c1-17-11-19-13-21(29-24(19)22(12-17)30(2)37(32,33)23-9-6-10-35-23)25-27-15-20(36-25)16-34-26(31)28-14-18-7-4-3-5-8-18/h3-13,20,29H,14-16H2,1-2H3,(H,28,31). The van der Waals surface area contributed by atoms with Crippen molar-refractivity contribution in [2.24, 2.45) is 4.99 Å². The van der Waals surface area contributed by atoms with Gasteiger partial charge in [0.2, 0.25) is 0 Å². The summed E-state index contributed by atoms with van der Waals surface area (Å²) in [5.74, 6) is 0. The highest BCUT2D eigenvalue weighted by molar-refractivity contribution is 8.15. The number of thioether (sulfide) groups is 1. The van der Waals surface area contributed by atoms with Crippen LogP contribution in [0.15, 0.2) is 75.2 Å². The molecule has 3 heterocycles. The van der Waals surface area contributed by atoms with Crippen LogP contribution in [-0.4, -0.2) is 50.0 Å². The Labute approximate surface area is 223 Å². The Hall–Kier alpha value is -3.28. The van der Waals surface area contributed by atoms with Crippen molar-refractivity contribution < 1.29 is 17.9 Å². The minimum Gasteiger partial charge on any atom is -0.448 e. The molecule has 0 radical (unpaired) electrons. The van der Waals surface area contributed by atoms with Gasteiger partial charge in [-0.15, -0.1) is 11.3 Å². The number of H-pyrrole nitrogens is 1. The number of nitrogens with zero attached hydrogens (tertiary/aromatic N) is 2. The van der Waals surface area contributed by atoms with E-state index < -0.39 is 16.1 Å². The zero-order valence-corrected chi connectivity index (χ0v) is 22.8. The predicted octanol–water partition coefficient (Wildman–Crippen LogP) is 5.15. The van der Waals surface area contributed by atoms with Gasteiger partial charge in [-0.25, -0.2) is 13.2 Å². The summed E-state index contributed by atoms with van der Waals surface area (Å²) in [6, 6.07) is 18.9. The first kappa shape index (κ1) is 25.4. The maximum Gasteiger partial charge on any atom is 0.407 e. The number of hydrogen-bond donors (Lipinski definition) is 2. The lowest BCUT2D eigenvalue weighted by atomic mass is 10.1. The topological polar surface area (TPSA) is 104 Å². The van der Waals surface area contributed by atoms with Crippen LogP contribution in [0.1, 0.15) is 16.8 Å². The molecule has 1 aliphatic rings. The van der Waals surface area contributed by atoms with Crippen LogP contribution in [0.2, 0.25) is 0 Å². The summed E-state index contributed by atoms with van der Waals surface area (Å²) in [6.07, 6.45) is -0.460. The molecule has 0 fully saturated rings. The normalized spacial score (nSPS) is 15.5. The highest BCUT2D eigenvalue weighted by atomic mass is 32.2. The number of hydrogen-bond acceptors (Lipinski definition) is 7. The van der Waals surface area contributed by atoms with Crippen molar-refractivity contribution in [3.63, 3.8) is 0 Å². The second kappa shape index (κ2) is 10.6. The molecule has 0 saturated heterocycles. The SMILES string of the molecule is Cc1cc(N(C)S(=O)(=O)c2cccs2)c2[nH]c(C3=NCC(COC(=O)NCc4ccccc4)S3)cc2c1. The van der Waals surface area contributed by atoms with Crippen molar-refractivity contribution in [2.45, 2.75) is 22.9 Å². The third-order valence-electron chi connectivity index (χ3n) is 5.93. The fraction of sp³-hybridized carbons (Fsp3) is 0.231. The van der Waals surface area contributed by atoms with Gasteiger partial charge in [-0.2, -0.15) is 0 Å². The minimum atomic E-state index is -3.67. The number of carbonyl (C=O) groups excluding carboxylic acids is 1. The van der Waals surface area contributed by atoms with Gasteiger partial charge in [0.25, 0.3) is 10.0 Å². The molecule has 8 nitrogen and oxygen atoms in total. The van der Waals surface area contributed by atoms with E-state index in [-0.39, 0.29) is 11.9 Å². The van der Waals surface area contributed by atoms with Crippen LogP contribution in [-0.2, 0) is 21.3 Å². The summed E-state index contributed by atoms with van der Waals surface area (Å²) >= 11 is 2.74. The quantitative estimate of drug-likeness (QED) is 0.314. The second-order valence-corrected chi connectivity index (χ2v) is 13.1. The average Bonchev–Trinajstić information content (AvgIpc) is 3.66. The first-order valence-electron chi connectivity index (χ1n) is 11.6. The van der Waals surface area contributed by atoms with E-state index in [9.17, 15) is 13.2 Å². The number of thiophene rings is 1. The molecule has 0 saturated carbocycles. The number of aromatic amines is 1. The number of sulfonamides is 1. The molecule has 4 aromatic rings. The van der Waals surface area contributed by atoms with Crippen molar-refractivity contribution in [3.8, 4) is 0 Å². The molecule has 1 unspecified atom stereocenters. The molecule has 1 aliphatic heterocycles. The highest BCUT2D eigenvalue weighted by Gasteiger charge is 2.27. The lowest BCUT2D eigenvalue weighted by Gasteiger charge is -2.20. The molecule has 2 aromatic carbocycles. The van der Waals surface area contributed by atoms with Gasteiger partial charge in [0.05, 0.1) is 28.7 Å². The van der Waals surface area contributed by atoms with Crippen LogP contribution in [0.4, 0.5) is 10.5 Å². The number of aromatic nitrogens is 1. The maximum atomic E-state index is 13.2. The number of amides is 1. The van der Waals surface area contributed by atoms with E-state index in [0.717, 1.165) is 32.8 Å². The highest BCUT2D eigenvalue weighted by Crippen LogP contribution is 2.34. The van der Waals surface area contributed by atoms with Crippen LogP contribution < -0.4 is 9.62 Å². The molecule has 1 amide bonds. The van der Waals surface area contributed by atoms with Crippen LogP contribution in [0.3, 0.4) is 0 Å². The van der Waals surface area contributed by atoms with Crippen LogP contribution in [0, 0.1) is 6.92 Å². The molecule has 2 N–H and O–H groups in total. The maximum absolute atomic E-state index is 13.2. The summed E-state index contributed by atoms with van der Waals surface area (Å²) in [5, 5.41) is 6.23. The fourth-order valence-electron chi connectivity index (χ4n) is 4.05. The van der Waals surface area contributed by atoms with Crippen molar-refractivity contribution >= 4 is 60.8 Å². The van der Waals surface area contributed by atoms with Gasteiger partial charge in [0, 0.05) is 19.0 Å². The number of alkyl carbamates (subject to hydrolysis) is 1. The number of fused-ring (bicyclic) bond motifs is 1. The zero-order valence-electron chi connectivity index (χ0n) is 20.3. The van der Waals surface area contributed by atoms with E-state index in [1.807, 2.05) is 55.5 Å². The molecular weight excluding hydrogens is 529 g/mol. The number of rotatable bonds is 8. The third kappa shape index (κ3) is 5.53. The molecular formula is C26H26N4O4S3. The number of aryl methyl sites for hydroxylation is 1. The molecule has 1 atom stereocenters. The van der Waals surface area contributed by atoms with E-state index in [4.69, 9.17) is 4.74 Å². The van der Waals surface area contributed by atoms with Crippen LogP contribution in [0.5, 0.6) is 0 Å². The summed E-state index contributed by atoms with van der Waals surface area (Å²) in [5.41, 5.74) is 4.07. The van der Waals surface area contributed by atoms with E-state index in [0.29, 0.717) is 23.0 Å². The van der Waals surface area contributed by atoms with Gasteiger partial charge in [-0.1, -0.05) is 48.2 Å². The Morgan fingerprint density at radius 3 is 2.76 bits per heavy atom. The van der Waals surface area contributed by atoms with Crippen molar-refractivity contribution in [3.05, 3.63) is 82.9 Å². The number of benzene rings is 2. The molecule has 2 aromatic heterocycles. The smallest absolute Gasteiger partial charge is 0.407 e. The molecule has 192 valence electrons. The van der Waals surface area contributed by atoms with Gasteiger partial charge in [-0.3, -0.25) is 9.30 Å². The Kier molecular flexibility index (Phi) is 7.27. The Balaban J connectivity index is 1.26. The summed E-state index contributed by atoms with van der Waals surface area (Å²) in [6.45, 7) is 3.12. The van der Waals surface area contributed by atoms with Crippen molar-refractivity contribution in [1.82, 2.24) is 10.3 Å². The summed E-state index contributed by atoms with van der Waals surface area (Å²) in [7, 11) is -2.10. The molecule has 5 rings (SSSR count). The number of aliphatic imine (C=N–C) groups is 1. The summed E-state index contributed by atoms with van der Waals surface area (Å²) < 4.78 is 33.3. The molecule has 0 aliphatic carbocycles. The van der Waals surface area contributed by atoms with Gasteiger partial charge in [0.1, 0.15) is 15.9 Å². The largest absolute Gasteiger partial charge is 0.448 e. The van der Waals surface area contributed by atoms with Gasteiger partial charge >= 0.3 is 6.09 Å². The van der Waals surface area contributed by atoms with Crippen molar-refractivity contribution in [2.75, 3.05) is 24.5 Å². The minimum absolute atomic E-state index is 0.00646. The number of ether oxygens (including phenoxy) is 1. The average molecular weight is 555 g/mol. The van der Waals surface area contributed by atoms with E-state index in [1.54, 1.807) is 36.3 Å². The second-order valence-electron chi connectivity index (χ2n) is 8.66. The van der Waals surface area contributed by atoms with E-state index in [2.05, 4.69) is 15.3 Å². The monoisotopic (exact) mass is 554 g/mol. The summed E-state index contributed by atoms with van der Waals surface area (Å²) in [4.78, 5) is 20.1. The molecule has 0 bridgehead atoms. The lowest BCUT2D eigenvalue weighted by Crippen LogP contribution is -2.27. The Bertz CT molecular complexity index is 1550. The third-order valence-corrected chi connectivity index (χ3v) is 10.3. The fourth-order valence-corrected chi connectivity index (χ4v) is 7.40. The van der Waals surface area contributed by atoms with E-state index in [1.165, 1.54) is 15.6 Å². The van der Waals surface area contributed by atoms with Crippen molar-refractivity contribution in [1.29, 1.82) is 0 Å².